The number of aryl methyl sites for hydroxylation is 1. The fourth-order valence-electron chi connectivity index (χ4n) is 3.07. The summed E-state index contributed by atoms with van der Waals surface area (Å²) in [4.78, 5) is 12.0. The summed E-state index contributed by atoms with van der Waals surface area (Å²) in [6.45, 7) is 4.86. The third-order valence-corrected chi connectivity index (χ3v) is 4.53. The Morgan fingerprint density at radius 3 is 3.00 bits per heavy atom. The Balaban J connectivity index is 1.75. The van der Waals surface area contributed by atoms with Crippen LogP contribution in [-0.2, 0) is 6.42 Å². The molecule has 0 aromatic heterocycles. The molecule has 0 aliphatic heterocycles. The van der Waals surface area contributed by atoms with Crippen LogP contribution in [0.5, 0.6) is 0 Å². The van der Waals surface area contributed by atoms with E-state index in [2.05, 4.69) is 35.8 Å². The second-order valence-electron chi connectivity index (χ2n) is 6.40. The molecule has 1 aliphatic rings. The second-order valence-corrected chi connectivity index (χ2v) is 6.40. The van der Waals surface area contributed by atoms with Gasteiger partial charge in [0, 0.05) is 18.0 Å². The smallest absolute Gasteiger partial charge is 0.315 e. The highest BCUT2D eigenvalue weighted by atomic mass is 16.3. The average molecular weight is 290 g/mol. The molecule has 21 heavy (non-hydrogen) atoms. The number of benzene rings is 1. The number of carbonyl (C=O) groups excluding carboxylic acids is 1. The minimum absolute atomic E-state index is 0.0708. The zero-order chi connectivity index (χ0) is 15.3. The molecule has 0 saturated heterocycles. The van der Waals surface area contributed by atoms with E-state index in [1.807, 2.05) is 13.0 Å². The van der Waals surface area contributed by atoms with Crippen molar-refractivity contribution in [1.29, 1.82) is 0 Å². The van der Waals surface area contributed by atoms with Gasteiger partial charge in [0.2, 0.25) is 0 Å². The van der Waals surface area contributed by atoms with Crippen molar-refractivity contribution in [2.45, 2.75) is 45.6 Å². The summed E-state index contributed by atoms with van der Waals surface area (Å²) < 4.78 is 0. The van der Waals surface area contributed by atoms with Crippen LogP contribution in [0.15, 0.2) is 24.3 Å². The van der Waals surface area contributed by atoms with Crippen LogP contribution in [0.25, 0.3) is 0 Å². The zero-order valence-corrected chi connectivity index (χ0v) is 13.0. The van der Waals surface area contributed by atoms with Gasteiger partial charge in [-0.25, -0.2) is 4.79 Å². The van der Waals surface area contributed by atoms with E-state index in [0.29, 0.717) is 6.54 Å². The number of aliphatic hydroxyl groups is 1. The van der Waals surface area contributed by atoms with Gasteiger partial charge in [0.05, 0.1) is 6.61 Å². The molecule has 4 nitrogen and oxygen atoms in total. The molecule has 0 radical (unpaired) electrons. The van der Waals surface area contributed by atoms with E-state index in [1.54, 1.807) is 0 Å². The van der Waals surface area contributed by atoms with E-state index in [0.717, 1.165) is 25.7 Å². The van der Waals surface area contributed by atoms with E-state index < -0.39 is 0 Å². The van der Waals surface area contributed by atoms with Gasteiger partial charge in [-0.2, -0.15) is 0 Å². The minimum Gasteiger partial charge on any atom is -0.396 e. The first-order valence-corrected chi connectivity index (χ1v) is 7.74. The Hall–Kier alpha value is -1.55. The topological polar surface area (TPSA) is 61.4 Å². The van der Waals surface area contributed by atoms with Crippen molar-refractivity contribution in [3.8, 4) is 0 Å². The number of hydrogen-bond acceptors (Lipinski definition) is 2. The Bertz CT molecular complexity index is 489. The number of hydrogen-bond donors (Lipinski definition) is 3. The van der Waals surface area contributed by atoms with E-state index in [-0.39, 0.29) is 24.1 Å². The number of nitrogens with one attached hydrogen (secondary N) is 2. The molecule has 3 N–H and O–H groups in total. The van der Waals surface area contributed by atoms with Crippen LogP contribution >= 0.6 is 0 Å². The summed E-state index contributed by atoms with van der Waals surface area (Å²) in [5.41, 5.74) is 2.30. The summed E-state index contributed by atoms with van der Waals surface area (Å²) in [7, 11) is 0. The lowest BCUT2D eigenvalue weighted by molar-refractivity contribution is 0.121. The zero-order valence-electron chi connectivity index (χ0n) is 13.0. The Kier molecular flexibility index (Phi) is 5.23. The van der Waals surface area contributed by atoms with Gasteiger partial charge >= 0.3 is 6.03 Å². The van der Waals surface area contributed by atoms with Crippen molar-refractivity contribution in [1.82, 2.24) is 10.6 Å². The van der Waals surface area contributed by atoms with Crippen LogP contribution < -0.4 is 10.6 Å². The highest BCUT2D eigenvalue weighted by molar-refractivity contribution is 5.74. The molecular weight excluding hydrogens is 264 g/mol. The lowest BCUT2D eigenvalue weighted by atomic mass is 9.86. The fraction of sp³-hybridized carbons (Fsp3) is 0.588. The predicted molar refractivity (Wildman–Crippen MR) is 84.2 cm³/mol. The van der Waals surface area contributed by atoms with Crippen molar-refractivity contribution in [3.05, 3.63) is 35.4 Å². The first-order chi connectivity index (χ1) is 10.0. The fourth-order valence-corrected chi connectivity index (χ4v) is 3.07. The van der Waals surface area contributed by atoms with E-state index in [1.165, 1.54) is 11.1 Å². The van der Waals surface area contributed by atoms with Crippen molar-refractivity contribution >= 4 is 6.03 Å². The normalized spacial score (nSPS) is 24.8. The average Bonchev–Trinajstić information content (AvgIpc) is 2.81. The predicted octanol–water partition coefficient (Wildman–Crippen LogP) is 2.39. The largest absolute Gasteiger partial charge is 0.396 e. The van der Waals surface area contributed by atoms with E-state index in [9.17, 15) is 9.90 Å². The Morgan fingerprint density at radius 2 is 2.29 bits per heavy atom. The number of aliphatic hydroxyl groups excluding tert-OH is 1. The maximum atomic E-state index is 12.0. The molecule has 2 atom stereocenters. The minimum atomic E-state index is -0.173. The summed E-state index contributed by atoms with van der Waals surface area (Å²) in [5.74, 6) is 0. The van der Waals surface area contributed by atoms with Crippen LogP contribution in [0.1, 0.15) is 37.3 Å². The van der Waals surface area contributed by atoms with Crippen LogP contribution in [-0.4, -0.2) is 30.3 Å². The Labute approximate surface area is 126 Å². The standard InChI is InChI=1S/C17H26N2O2/c1-13-5-3-6-14(11-13)8-10-18-16(21)19-15-7-4-9-17(15,2)12-20/h3,5-6,11,15,20H,4,7-10,12H2,1-2H3,(H2,18,19,21). The van der Waals surface area contributed by atoms with Gasteiger partial charge in [-0.15, -0.1) is 0 Å². The molecule has 1 aromatic rings. The van der Waals surface area contributed by atoms with Crippen molar-refractivity contribution < 1.29 is 9.90 Å². The quantitative estimate of drug-likeness (QED) is 0.780. The summed E-state index contributed by atoms with van der Waals surface area (Å²) in [6.07, 6.45) is 3.81. The molecule has 4 heteroatoms. The molecule has 2 unspecified atom stereocenters. The highest BCUT2D eigenvalue weighted by Gasteiger charge is 2.38. The first kappa shape index (κ1) is 15.8. The van der Waals surface area contributed by atoms with E-state index >= 15 is 0 Å². The maximum absolute atomic E-state index is 12.0. The van der Waals surface area contributed by atoms with Gasteiger partial charge in [-0.1, -0.05) is 43.2 Å². The highest BCUT2D eigenvalue weighted by Crippen LogP contribution is 2.37. The molecule has 116 valence electrons. The van der Waals surface area contributed by atoms with Crippen LogP contribution in [0.2, 0.25) is 0 Å². The molecule has 2 amide bonds. The van der Waals surface area contributed by atoms with Crippen LogP contribution in [0, 0.1) is 12.3 Å². The SMILES string of the molecule is Cc1cccc(CCNC(=O)NC2CCCC2(C)CO)c1. The van der Waals surface area contributed by atoms with Crippen molar-refractivity contribution in [2.24, 2.45) is 5.41 Å². The molecule has 1 aromatic carbocycles. The van der Waals surface area contributed by atoms with E-state index in [4.69, 9.17) is 0 Å². The molecule has 0 heterocycles. The molecule has 0 spiro atoms. The number of urea groups is 1. The van der Waals surface area contributed by atoms with Gasteiger partial charge in [0.1, 0.15) is 0 Å². The van der Waals surface area contributed by atoms with Gasteiger partial charge < -0.3 is 15.7 Å². The Morgan fingerprint density at radius 1 is 1.48 bits per heavy atom. The third-order valence-electron chi connectivity index (χ3n) is 4.53. The number of rotatable bonds is 5. The molecule has 1 saturated carbocycles. The lowest BCUT2D eigenvalue weighted by Gasteiger charge is -2.30. The number of carbonyl (C=O) groups is 1. The van der Waals surface area contributed by atoms with Crippen molar-refractivity contribution in [3.63, 3.8) is 0 Å². The van der Waals surface area contributed by atoms with Gasteiger partial charge in [0.15, 0.2) is 0 Å². The van der Waals surface area contributed by atoms with Crippen LogP contribution in [0.4, 0.5) is 4.79 Å². The lowest BCUT2D eigenvalue weighted by Crippen LogP contribution is -2.48. The third kappa shape index (κ3) is 4.21. The summed E-state index contributed by atoms with van der Waals surface area (Å²) in [5, 5.41) is 15.4. The van der Waals surface area contributed by atoms with Gasteiger partial charge in [-0.05, 0) is 31.7 Å². The molecule has 2 rings (SSSR count). The molecular formula is C17H26N2O2. The maximum Gasteiger partial charge on any atom is 0.315 e. The first-order valence-electron chi connectivity index (χ1n) is 7.74. The van der Waals surface area contributed by atoms with Crippen LogP contribution in [0.3, 0.4) is 0 Å². The molecule has 0 bridgehead atoms. The second kappa shape index (κ2) is 6.94. The van der Waals surface area contributed by atoms with Gasteiger partial charge in [-0.3, -0.25) is 0 Å². The van der Waals surface area contributed by atoms with Gasteiger partial charge in [0.25, 0.3) is 0 Å². The van der Waals surface area contributed by atoms with Crippen molar-refractivity contribution in [2.75, 3.05) is 13.2 Å². The summed E-state index contributed by atoms with van der Waals surface area (Å²) in [6, 6.07) is 8.26. The molecule has 1 aliphatic carbocycles. The summed E-state index contributed by atoms with van der Waals surface area (Å²) >= 11 is 0. The molecule has 1 fully saturated rings. The number of amides is 2. The monoisotopic (exact) mass is 290 g/mol.